The maximum atomic E-state index is 14.4. The number of fused-ring (bicyclic) bond motifs is 1. The van der Waals surface area contributed by atoms with Crippen LogP contribution in [-0.4, -0.2) is 47.3 Å². The lowest BCUT2D eigenvalue weighted by molar-refractivity contribution is -0.141. The molecule has 1 N–H and O–H groups in total. The van der Waals surface area contributed by atoms with E-state index in [0.29, 0.717) is 37.9 Å². The molecule has 1 atom stereocenters. The summed E-state index contributed by atoms with van der Waals surface area (Å²) in [4.78, 5) is 22.5. The van der Waals surface area contributed by atoms with Crippen molar-refractivity contribution in [2.45, 2.75) is 52.5 Å². The summed E-state index contributed by atoms with van der Waals surface area (Å²) in [5.74, 6) is -0.344. The van der Waals surface area contributed by atoms with Crippen LogP contribution in [-0.2, 0) is 4.79 Å². The minimum absolute atomic E-state index is 0. The SMILES string of the molecule is C=C=C(CC=C)N1CCC(C(=O)N(C)[C@@H](c2ccc(NC3=C(C(C)C)c4nc(C)sc4C=C=C3)cc2)C(F)F)CC1.[HH].[HH]. The Bertz CT molecular complexity index is 1430. The number of halogens is 2. The van der Waals surface area contributed by atoms with Crippen molar-refractivity contribution in [2.24, 2.45) is 11.8 Å². The molecule has 1 aliphatic carbocycles. The van der Waals surface area contributed by atoms with Gasteiger partial charge in [-0.15, -0.1) is 29.4 Å². The van der Waals surface area contributed by atoms with Crippen LogP contribution in [0.25, 0.3) is 11.6 Å². The molecule has 0 unspecified atom stereocenters. The summed E-state index contributed by atoms with van der Waals surface area (Å²) in [6.07, 6.45) is 4.78. The predicted octanol–water partition coefficient (Wildman–Crippen LogP) is 8.33. The van der Waals surface area contributed by atoms with E-state index in [1.54, 1.807) is 41.7 Å². The number of benzene rings is 1. The van der Waals surface area contributed by atoms with Crippen molar-refractivity contribution >= 4 is 34.6 Å². The Morgan fingerprint density at radius 2 is 1.98 bits per heavy atom. The molecule has 1 aliphatic heterocycles. The van der Waals surface area contributed by atoms with Crippen LogP contribution < -0.4 is 5.32 Å². The zero-order chi connectivity index (χ0) is 29.7. The Morgan fingerprint density at radius 1 is 1.29 bits per heavy atom. The van der Waals surface area contributed by atoms with E-state index in [9.17, 15) is 13.6 Å². The summed E-state index contributed by atoms with van der Waals surface area (Å²) in [7, 11) is 1.49. The average Bonchev–Trinajstić information content (AvgIpc) is 3.22. The third-order valence-corrected chi connectivity index (χ3v) is 8.55. The molecular formula is C33H42F2N4OS. The number of amides is 1. The van der Waals surface area contributed by atoms with Gasteiger partial charge in [0.15, 0.2) is 0 Å². The summed E-state index contributed by atoms with van der Waals surface area (Å²) in [5.41, 5.74) is 11.2. The van der Waals surface area contributed by atoms with Gasteiger partial charge in [0.1, 0.15) is 6.04 Å². The normalized spacial score (nSPS) is 16.0. The van der Waals surface area contributed by atoms with Crippen molar-refractivity contribution in [1.82, 2.24) is 14.8 Å². The first kappa shape index (κ1) is 30.3. The highest BCUT2D eigenvalue weighted by Crippen LogP contribution is 2.36. The molecule has 2 heterocycles. The van der Waals surface area contributed by atoms with Crippen LogP contribution in [0.5, 0.6) is 0 Å². The van der Waals surface area contributed by atoms with Crippen LogP contribution in [0.4, 0.5) is 14.5 Å². The predicted molar refractivity (Wildman–Crippen MR) is 169 cm³/mol. The summed E-state index contributed by atoms with van der Waals surface area (Å²) >= 11 is 1.63. The number of thiazole rings is 1. The molecule has 1 aromatic heterocycles. The van der Waals surface area contributed by atoms with Gasteiger partial charge in [-0.05, 0) is 49.5 Å². The fraction of sp³-hybridized carbons (Fsp3) is 0.394. The van der Waals surface area contributed by atoms with Crippen molar-refractivity contribution < 1.29 is 16.4 Å². The van der Waals surface area contributed by atoms with Crippen LogP contribution >= 0.6 is 11.3 Å². The van der Waals surface area contributed by atoms with E-state index >= 15 is 0 Å². The third kappa shape index (κ3) is 6.79. The van der Waals surface area contributed by atoms with Gasteiger partial charge in [-0.25, -0.2) is 13.8 Å². The molecule has 4 rings (SSSR count). The van der Waals surface area contributed by atoms with Gasteiger partial charge < -0.3 is 15.1 Å². The fourth-order valence-electron chi connectivity index (χ4n) is 5.56. The number of aryl methyl sites for hydroxylation is 1. The zero-order valence-electron chi connectivity index (χ0n) is 24.2. The summed E-state index contributed by atoms with van der Waals surface area (Å²) < 4.78 is 28.8. The number of aromatic nitrogens is 1. The molecule has 2 aromatic rings. The molecule has 0 saturated carbocycles. The number of alkyl halides is 2. The quantitative estimate of drug-likeness (QED) is 0.227. The number of nitrogens with one attached hydrogen (secondary N) is 1. The lowest BCUT2D eigenvalue weighted by Crippen LogP contribution is -2.43. The number of carbonyl (C=O) groups is 1. The van der Waals surface area contributed by atoms with Crippen LogP contribution in [0.2, 0.25) is 0 Å². The van der Waals surface area contributed by atoms with Crippen molar-refractivity contribution in [3.63, 3.8) is 0 Å². The molecule has 0 spiro atoms. The number of carbonyl (C=O) groups excluding carboxylic acids is 1. The van der Waals surface area contributed by atoms with Gasteiger partial charge in [-0.2, -0.15) is 0 Å². The molecule has 0 bridgehead atoms. The molecular weight excluding hydrogens is 538 g/mol. The second-order valence-electron chi connectivity index (χ2n) is 10.7. The maximum Gasteiger partial charge on any atom is 0.262 e. The second kappa shape index (κ2) is 13.3. The van der Waals surface area contributed by atoms with Crippen molar-refractivity contribution in [2.75, 3.05) is 25.5 Å². The van der Waals surface area contributed by atoms with Gasteiger partial charge in [0.2, 0.25) is 5.91 Å². The molecule has 5 nitrogen and oxygen atoms in total. The zero-order valence-corrected chi connectivity index (χ0v) is 25.0. The number of hydrogen-bond donors (Lipinski definition) is 1. The Hall–Kier alpha value is -3.70. The highest BCUT2D eigenvalue weighted by Gasteiger charge is 2.35. The van der Waals surface area contributed by atoms with Crippen LogP contribution in [0, 0.1) is 18.8 Å². The minimum Gasteiger partial charge on any atom is -0.368 e. The average molecular weight is 581 g/mol. The lowest BCUT2D eigenvalue weighted by Gasteiger charge is -2.37. The number of likely N-dealkylation sites (tertiary alicyclic amines) is 1. The van der Waals surface area contributed by atoms with Crippen LogP contribution in [0.1, 0.15) is 63.1 Å². The number of hydrogen-bond acceptors (Lipinski definition) is 5. The van der Waals surface area contributed by atoms with Gasteiger partial charge in [0, 0.05) is 52.7 Å². The standard InChI is InChI=1S/C33H38F2N4OS.2H2/c1-7-10-26(8-2)39-19-17-24(18-20-39)33(40)38(6)31(32(34)35)23-13-15-25(16-14-23)37-27-11-9-12-28-30(29(27)21(3)4)36-22(5)41-28;;/h7,11-16,21,24,31-32,37H,1-2,10,17-20H2,3-6H3;2*1H/t31-;;/m0../s1. The molecule has 41 heavy (non-hydrogen) atoms. The third-order valence-electron chi connectivity index (χ3n) is 7.63. The first-order chi connectivity index (χ1) is 19.6. The molecule has 2 aliphatic rings. The fourth-order valence-corrected chi connectivity index (χ4v) is 6.39. The van der Waals surface area contributed by atoms with E-state index in [0.717, 1.165) is 38.2 Å². The van der Waals surface area contributed by atoms with Gasteiger partial charge in [-0.1, -0.05) is 38.6 Å². The van der Waals surface area contributed by atoms with Crippen LogP contribution in [0.15, 0.2) is 72.4 Å². The van der Waals surface area contributed by atoms with E-state index in [1.165, 1.54) is 11.9 Å². The van der Waals surface area contributed by atoms with Crippen molar-refractivity contribution in [3.05, 3.63) is 93.6 Å². The number of allylic oxidation sites excluding steroid dienone is 3. The Kier molecular flexibility index (Phi) is 9.82. The highest BCUT2D eigenvalue weighted by atomic mass is 32.1. The van der Waals surface area contributed by atoms with E-state index < -0.39 is 12.5 Å². The summed E-state index contributed by atoms with van der Waals surface area (Å²) in [6.45, 7) is 15.1. The number of piperidine rings is 1. The Morgan fingerprint density at radius 3 is 2.56 bits per heavy atom. The monoisotopic (exact) mass is 580 g/mol. The number of rotatable bonds is 10. The molecule has 1 saturated heterocycles. The second-order valence-corrected chi connectivity index (χ2v) is 12.0. The highest BCUT2D eigenvalue weighted by molar-refractivity contribution is 7.12. The minimum atomic E-state index is -2.72. The topological polar surface area (TPSA) is 48.5 Å². The molecule has 1 aromatic carbocycles. The van der Waals surface area contributed by atoms with Gasteiger partial charge in [-0.3, -0.25) is 4.79 Å². The van der Waals surface area contributed by atoms with Gasteiger partial charge in [0.25, 0.3) is 6.43 Å². The Balaban J connectivity index is 0.00000323. The number of anilines is 1. The maximum absolute atomic E-state index is 14.4. The molecule has 220 valence electrons. The molecule has 1 amide bonds. The van der Waals surface area contributed by atoms with E-state index in [-0.39, 0.29) is 20.6 Å². The van der Waals surface area contributed by atoms with Gasteiger partial charge in [0.05, 0.1) is 27.0 Å². The molecule has 0 radical (unpaired) electrons. The molecule has 8 heteroatoms. The van der Waals surface area contributed by atoms with E-state index in [2.05, 4.69) is 48.7 Å². The van der Waals surface area contributed by atoms with Crippen LogP contribution in [0.3, 0.4) is 0 Å². The Labute approximate surface area is 248 Å². The van der Waals surface area contributed by atoms with Crippen molar-refractivity contribution in [1.29, 1.82) is 0 Å². The lowest BCUT2D eigenvalue weighted by atomic mass is 9.93. The summed E-state index contributed by atoms with van der Waals surface area (Å²) in [5, 5.41) is 4.44. The van der Waals surface area contributed by atoms with E-state index in [1.807, 2.05) is 19.1 Å². The van der Waals surface area contributed by atoms with E-state index in [4.69, 9.17) is 4.98 Å². The van der Waals surface area contributed by atoms with Crippen molar-refractivity contribution in [3.8, 4) is 0 Å². The number of nitrogens with zero attached hydrogens (tertiary/aromatic N) is 3. The first-order valence-corrected chi connectivity index (χ1v) is 14.8. The smallest absolute Gasteiger partial charge is 0.262 e. The van der Waals surface area contributed by atoms with Gasteiger partial charge >= 0.3 is 0 Å². The first-order valence-electron chi connectivity index (χ1n) is 14.0. The summed E-state index contributed by atoms with van der Waals surface area (Å²) in [6, 6.07) is 5.58. The largest absolute Gasteiger partial charge is 0.368 e. The molecule has 1 fully saturated rings.